The molecule has 0 aromatic heterocycles. The van der Waals surface area contributed by atoms with Gasteiger partial charge < -0.3 is 20.1 Å². The topological polar surface area (TPSA) is 44.7 Å². The number of likely N-dealkylation sites (N-methyl/N-ethyl adjacent to an activating group) is 1. The second-order valence-electron chi connectivity index (χ2n) is 4.28. The summed E-state index contributed by atoms with van der Waals surface area (Å²) in [6, 6.07) is 0. The number of nitrogens with zero attached hydrogens (tertiary/aromatic N) is 1. The number of aliphatic hydroxyl groups excluding tert-OH is 1. The van der Waals surface area contributed by atoms with Crippen LogP contribution >= 0.6 is 0 Å². The highest BCUT2D eigenvalue weighted by Gasteiger charge is 2.30. The zero-order valence-electron chi connectivity index (χ0n) is 9.25. The average Bonchev–Trinajstić information content (AvgIpc) is 2.19. The molecule has 4 heteroatoms. The molecule has 1 aliphatic rings. The Bertz CT molecular complexity index is 156. The number of nitrogens with one attached hydrogen (secondary N) is 1. The summed E-state index contributed by atoms with van der Waals surface area (Å²) < 4.78 is 5.29. The van der Waals surface area contributed by atoms with Crippen LogP contribution in [-0.4, -0.2) is 62.6 Å². The van der Waals surface area contributed by atoms with Gasteiger partial charge in [0.15, 0.2) is 0 Å². The van der Waals surface area contributed by atoms with Crippen LogP contribution in [-0.2, 0) is 4.74 Å². The van der Waals surface area contributed by atoms with Crippen molar-refractivity contribution in [1.82, 2.24) is 10.2 Å². The van der Waals surface area contributed by atoms with Crippen LogP contribution < -0.4 is 5.32 Å². The fourth-order valence-corrected chi connectivity index (χ4v) is 1.70. The molecule has 0 aromatic carbocycles. The van der Waals surface area contributed by atoms with Gasteiger partial charge in [-0.3, -0.25) is 0 Å². The van der Waals surface area contributed by atoms with Gasteiger partial charge >= 0.3 is 0 Å². The van der Waals surface area contributed by atoms with Crippen molar-refractivity contribution in [2.24, 2.45) is 0 Å². The summed E-state index contributed by atoms with van der Waals surface area (Å²) in [7, 11) is 4.11. The first-order valence-electron chi connectivity index (χ1n) is 5.27. The van der Waals surface area contributed by atoms with Crippen LogP contribution in [0.25, 0.3) is 0 Å². The molecular formula is C10H22N2O2. The number of ether oxygens (including phenoxy) is 1. The van der Waals surface area contributed by atoms with Gasteiger partial charge in [-0.05, 0) is 26.9 Å². The van der Waals surface area contributed by atoms with E-state index in [4.69, 9.17) is 4.74 Å². The van der Waals surface area contributed by atoms with Gasteiger partial charge in [-0.25, -0.2) is 0 Å². The summed E-state index contributed by atoms with van der Waals surface area (Å²) >= 11 is 0. The largest absolute Gasteiger partial charge is 0.394 e. The molecule has 0 radical (unpaired) electrons. The average molecular weight is 202 g/mol. The van der Waals surface area contributed by atoms with Gasteiger partial charge in [-0.2, -0.15) is 0 Å². The third-order valence-electron chi connectivity index (χ3n) is 2.81. The van der Waals surface area contributed by atoms with Crippen LogP contribution in [0, 0.1) is 0 Å². The van der Waals surface area contributed by atoms with Gasteiger partial charge in [0.1, 0.15) is 0 Å². The number of aliphatic hydroxyl groups is 1. The van der Waals surface area contributed by atoms with Crippen LogP contribution in [0.3, 0.4) is 0 Å². The van der Waals surface area contributed by atoms with E-state index in [9.17, 15) is 5.11 Å². The normalized spacial score (nSPS) is 21.4. The van der Waals surface area contributed by atoms with E-state index in [-0.39, 0.29) is 12.1 Å². The lowest BCUT2D eigenvalue weighted by Crippen LogP contribution is -2.53. The molecule has 0 bridgehead atoms. The summed E-state index contributed by atoms with van der Waals surface area (Å²) in [6.45, 7) is 3.66. The lowest BCUT2D eigenvalue weighted by atomic mass is 9.91. The van der Waals surface area contributed by atoms with E-state index in [1.165, 1.54) is 0 Å². The van der Waals surface area contributed by atoms with Gasteiger partial charge in [-0.1, -0.05) is 0 Å². The summed E-state index contributed by atoms with van der Waals surface area (Å²) in [5.74, 6) is 0. The first-order chi connectivity index (χ1) is 6.68. The molecule has 1 fully saturated rings. The molecule has 0 spiro atoms. The molecule has 1 rings (SSSR count). The van der Waals surface area contributed by atoms with Gasteiger partial charge in [0.25, 0.3) is 0 Å². The highest BCUT2D eigenvalue weighted by Crippen LogP contribution is 2.19. The van der Waals surface area contributed by atoms with Crippen molar-refractivity contribution >= 4 is 0 Å². The van der Waals surface area contributed by atoms with Gasteiger partial charge in [0, 0.05) is 31.8 Å². The molecule has 0 atom stereocenters. The molecule has 14 heavy (non-hydrogen) atoms. The molecule has 0 amide bonds. The Labute approximate surface area is 86.2 Å². The summed E-state index contributed by atoms with van der Waals surface area (Å²) in [5.41, 5.74) is -0.0890. The number of hydrogen-bond acceptors (Lipinski definition) is 4. The molecule has 0 aromatic rings. The Hall–Kier alpha value is -0.160. The van der Waals surface area contributed by atoms with Crippen molar-refractivity contribution in [3.05, 3.63) is 0 Å². The van der Waals surface area contributed by atoms with Crippen molar-refractivity contribution < 1.29 is 9.84 Å². The van der Waals surface area contributed by atoms with Gasteiger partial charge in [-0.15, -0.1) is 0 Å². The molecule has 0 saturated carbocycles. The fraction of sp³-hybridized carbons (Fsp3) is 1.00. The van der Waals surface area contributed by atoms with Crippen molar-refractivity contribution in [1.29, 1.82) is 0 Å². The third-order valence-corrected chi connectivity index (χ3v) is 2.81. The van der Waals surface area contributed by atoms with E-state index in [0.717, 1.165) is 39.1 Å². The van der Waals surface area contributed by atoms with Crippen LogP contribution in [0.1, 0.15) is 12.8 Å². The molecule has 4 nitrogen and oxygen atoms in total. The van der Waals surface area contributed by atoms with E-state index < -0.39 is 0 Å². The number of rotatable bonds is 5. The molecular weight excluding hydrogens is 180 g/mol. The predicted molar refractivity (Wildman–Crippen MR) is 56.4 cm³/mol. The van der Waals surface area contributed by atoms with E-state index in [2.05, 4.69) is 24.3 Å². The molecule has 84 valence electrons. The van der Waals surface area contributed by atoms with Crippen LogP contribution in [0.5, 0.6) is 0 Å². The SMILES string of the molecule is CN(C)CCNC1(CO)CCOCC1. The maximum atomic E-state index is 9.38. The third kappa shape index (κ3) is 3.53. The Morgan fingerprint density at radius 1 is 1.36 bits per heavy atom. The maximum absolute atomic E-state index is 9.38. The van der Waals surface area contributed by atoms with E-state index in [0.29, 0.717) is 0 Å². The highest BCUT2D eigenvalue weighted by atomic mass is 16.5. The van der Waals surface area contributed by atoms with Gasteiger partial charge in [0.2, 0.25) is 0 Å². The van der Waals surface area contributed by atoms with Crippen LogP contribution in [0.15, 0.2) is 0 Å². The molecule has 1 aliphatic heterocycles. The summed E-state index contributed by atoms with van der Waals surface area (Å²) in [5, 5.41) is 12.8. The standard InChI is InChI=1S/C10H22N2O2/c1-12(2)6-5-11-10(9-13)3-7-14-8-4-10/h11,13H,3-9H2,1-2H3. The molecule has 2 N–H and O–H groups in total. The molecule has 1 heterocycles. The lowest BCUT2D eigenvalue weighted by Gasteiger charge is -2.36. The smallest absolute Gasteiger partial charge is 0.0615 e. The van der Waals surface area contributed by atoms with Crippen molar-refractivity contribution in [2.45, 2.75) is 18.4 Å². The second kappa shape index (κ2) is 5.66. The minimum Gasteiger partial charge on any atom is -0.394 e. The summed E-state index contributed by atoms with van der Waals surface area (Å²) in [4.78, 5) is 2.14. The Morgan fingerprint density at radius 2 is 2.00 bits per heavy atom. The number of hydrogen-bond donors (Lipinski definition) is 2. The minimum absolute atomic E-state index is 0.0890. The zero-order chi connectivity index (χ0) is 10.4. The maximum Gasteiger partial charge on any atom is 0.0615 e. The van der Waals surface area contributed by atoms with Crippen molar-refractivity contribution in [3.8, 4) is 0 Å². The lowest BCUT2D eigenvalue weighted by molar-refractivity contribution is 0.0116. The quantitative estimate of drug-likeness (QED) is 0.641. The molecule has 1 saturated heterocycles. The second-order valence-corrected chi connectivity index (χ2v) is 4.28. The van der Waals surface area contributed by atoms with E-state index in [1.807, 2.05) is 0 Å². The fourth-order valence-electron chi connectivity index (χ4n) is 1.70. The van der Waals surface area contributed by atoms with Crippen molar-refractivity contribution in [2.75, 3.05) is 47.0 Å². The first-order valence-corrected chi connectivity index (χ1v) is 5.27. The van der Waals surface area contributed by atoms with Gasteiger partial charge in [0.05, 0.1) is 6.61 Å². The van der Waals surface area contributed by atoms with Crippen LogP contribution in [0.2, 0.25) is 0 Å². The van der Waals surface area contributed by atoms with Crippen LogP contribution in [0.4, 0.5) is 0 Å². The van der Waals surface area contributed by atoms with E-state index in [1.54, 1.807) is 0 Å². The molecule has 0 aliphatic carbocycles. The monoisotopic (exact) mass is 202 g/mol. The minimum atomic E-state index is -0.0890. The molecule has 0 unspecified atom stereocenters. The Kier molecular flexibility index (Phi) is 4.81. The first kappa shape index (κ1) is 11.9. The van der Waals surface area contributed by atoms with E-state index >= 15 is 0 Å². The Morgan fingerprint density at radius 3 is 2.50 bits per heavy atom. The zero-order valence-corrected chi connectivity index (χ0v) is 9.25. The van der Waals surface area contributed by atoms with Crippen molar-refractivity contribution in [3.63, 3.8) is 0 Å². The predicted octanol–water partition coefficient (Wildman–Crippen LogP) is -0.321. The Balaban J connectivity index is 2.29. The highest BCUT2D eigenvalue weighted by molar-refractivity contribution is 4.89. The summed E-state index contributed by atoms with van der Waals surface area (Å²) in [6.07, 6.45) is 1.83.